The summed E-state index contributed by atoms with van der Waals surface area (Å²) in [6, 6.07) is -0.550. The third-order valence-corrected chi connectivity index (χ3v) is 5.08. The normalized spacial score (nSPS) is 15.6. The first-order valence-corrected chi connectivity index (χ1v) is 8.00. The van der Waals surface area contributed by atoms with Crippen molar-refractivity contribution in [3.05, 3.63) is 0 Å². The van der Waals surface area contributed by atoms with E-state index in [-0.39, 0.29) is 24.7 Å². The van der Waals surface area contributed by atoms with E-state index in [4.69, 9.17) is 9.84 Å². The van der Waals surface area contributed by atoms with E-state index in [9.17, 15) is 9.59 Å². The standard InChI is InChI=1S/C14H27IN2O4/c1-9(21-6)13(2,3)16-10(7-8-11(18)19)12(20)14(4,5)17-15/h9-10,16-17H,7-8H2,1-6H3,(H,18,19)/t9?,10-/m0/s1. The van der Waals surface area contributed by atoms with Gasteiger partial charge in [-0.15, -0.1) is 0 Å². The van der Waals surface area contributed by atoms with E-state index in [0.29, 0.717) is 0 Å². The fourth-order valence-corrected chi connectivity index (χ4v) is 2.15. The second-order valence-corrected chi connectivity index (χ2v) is 6.85. The highest BCUT2D eigenvalue weighted by molar-refractivity contribution is 14.1. The summed E-state index contributed by atoms with van der Waals surface area (Å²) in [5.41, 5.74) is -1.18. The summed E-state index contributed by atoms with van der Waals surface area (Å²) < 4.78 is 8.27. The summed E-state index contributed by atoms with van der Waals surface area (Å²) >= 11 is 1.94. The maximum atomic E-state index is 12.6. The van der Waals surface area contributed by atoms with Crippen molar-refractivity contribution in [3.8, 4) is 0 Å². The Morgan fingerprint density at radius 1 is 1.29 bits per heavy atom. The lowest BCUT2D eigenvalue weighted by atomic mass is 9.88. The van der Waals surface area contributed by atoms with Gasteiger partial charge in [0.2, 0.25) is 0 Å². The summed E-state index contributed by atoms with van der Waals surface area (Å²) in [5.74, 6) is -0.970. The molecular formula is C14H27IN2O4. The number of carboxylic acids is 1. The number of ketones is 1. The van der Waals surface area contributed by atoms with Gasteiger partial charge in [0.15, 0.2) is 5.78 Å². The first-order valence-electron chi connectivity index (χ1n) is 6.92. The molecule has 2 atom stereocenters. The molecule has 0 bridgehead atoms. The topological polar surface area (TPSA) is 87.7 Å². The minimum Gasteiger partial charge on any atom is -0.481 e. The van der Waals surface area contributed by atoms with Gasteiger partial charge in [-0.2, -0.15) is 0 Å². The van der Waals surface area contributed by atoms with Crippen LogP contribution in [0.3, 0.4) is 0 Å². The maximum Gasteiger partial charge on any atom is 0.303 e. The monoisotopic (exact) mass is 414 g/mol. The van der Waals surface area contributed by atoms with E-state index >= 15 is 0 Å². The van der Waals surface area contributed by atoms with Gasteiger partial charge in [-0.05, 0) is 41.0 Å². The third-order valence-electron chi connectivity index (χ3n) is 3.73. The number of rotatable bonds is 10. The number of halogens is 1. The Kier molecular flexibility index (Phi) is 8.30. The van der Waals surface area contributed by atoms with Gasteiger partial charge in [-0.3, -0.25) is 14.9 Å². The molecule has 0 aromatic heterocycles. The first kappa shape index (κ1) is 20.8. The van der Waals surface area contributed by atoms with Gasteiger partial charge in [0, 0.05) is 41.9 Å². The van der Waals surface area contributed by atoms with Crippen LogP contribution in [0.15, 0.2) is 0 Å². The minimum atomic E-state index is -0.910. The van der Waals surface area contributed by atoms with Crippen molar-refractivity contribution in [3.63, 3.8) is 0 Å². The molecule has 0 spiro atoms. The van der Waals surface area contributed by atoms with E-state index in [1.165, 1.54) is 0 Å². The van der Waals surface area contributed by atoms with Crippen LogP contribution >= 0.6 is 22.9 Å². The van der Waals surface area contributed by atoms with Gasteiger partial charge in [0.05, 0.1) is 17.7 Å². The van der Waals surface area contributed by atoms with E-state index in [1.54, 1.807) is 21.0 Å². The molecule has 0 aromatic rings. The Balaban J connectivity index is 5.15. The lowest BCUT2D eigenvalue weighted by Gasteiger charge is -2.37. The quantitative estimate of drug-likeness (QED) is 0.374. The number of hydrogen-bond donors (Lipinski definition) is 3. The van der Waals surface area contributed by atoms with Crippen molar-refractivity contribution in [2.24, 2.45) is 0 Å². The van der Waals surface area contributed by atoms with Gasteiger partial charge in [-0.25, -0.2) is 3.53 Å². The summed E-state index contributed by atoms with van der Waals surface area (Å²) in [4.78, 5) is 23.5. The fraction of sp³-hybridized carbons (Fsp3) is 0.857. The fourth-order valence-electron chi connectivity index (χ4n) is 1.88. The van der Waals surface area contributed by atoms with Crippen LogP contribution in [0.2, 0.25) is 0 Å². The minimum absolute atomic E-state index is 0.0574. The molecular weight excluding hydrogens is 387 g/mol. The maximum absolute atomic E-state index is 12.6. The number of methoxy groups -OCH3 is 1. The molecule has 0 aliphatic carbocycles. The molecule has 6 nitrogen and oxygen atoms in total. The van der Waals surface area contributed by atoms with Crippen LogP contribution in [0, 0.1) is 0 Å². The van der Waals surface area contributed by atoms with Gasteiger partial charge in [-0.1, -0.05) is 0 Å². The molecule has 7 heteroatoms. The van der Waals surface area contributed by atoms with Crippen molar-refractivity contribution in [2.45, 2.75) is 70.7 Å². The van der Waals surface area contributed by atoms with Crippen LogP contribution in [0.4, 0.5) is 0 Å². The number of ether oxygens (including phenoxy) is 1. The molecule has 3 N–H and O–H groups in total. The molecule has 0 rings (SSSR count). The molecule has 0 saturated carbocycles. The Morgan fingerprint density at radius 2 is 1.81 bits per heavy atom. The second-order valence-electron chi connectivity index (χ2n) is 6.31. The number of carbonyl (C=O) groups excluding carboxylic acids is 1. The molecule has 0 aromatic carbocycles. The molecule has 124 valence electrons. The van der Waals surface area contributed by atoms with Gasteiger partial charge in [0.1, 0.15) is 0 Å². The predicted octanol–water partition coefficient (Wildman–Crippen LogP) is 1.91. The van der Waals surface area contributed by atoms with Crippen LogP contribution < -0.4 is 8.85 Å². The van der Waals surface area contributed by atoms with E-state index in [0.717, 1.165) is 0 Å². The van der Waals surface area contributed by atoms with Gasteiger partial charge in [0.25, 0.3) is 0 Å². The SMILES string of the molecule is COC(C)C(C)(C)N[C@@H](CCC(=O)O)C(=O)C(C)(C)NI. The second kappa shape index (κ2) is 8.40. The third kappa shape index (κ3) is 6.58. The zero-order valence-corrected chi connectivity index (χ0v) is 15.8. The molecule has 0 saturated heterocycles. The zero-order chi connectivity index (χ0) is 16.8. The van der Waals surface area contributed by atoms with Crippen LogP contribution in [-0.2, 0) is 14.3 Å². The van der Waals surface area contributed by atoms with Crippen LogP contribution in [-0.4, -0.2) is 47.2 Å². The molecule has 1 unspecified atom stereocenters. The number of aliphatic carboxylic acids is 1. The number of carbonyl (C=O) groups is 2. The molecule has 0 aliphatic rings. The smallest absolute Gasteiger partial charge is 0.303 e. The first-order chi connectivity index (χ1) is 9.47. The van der Waals surface area contributed by atoms with Crippen molar-refractivity contribution >= 4 is 34.6 Å². The lowest BCUT2D eigenvalue weighted by Crippen LogP contribution is -2.60. The number of Topliss-reactive ketones (excluding diaryl/α,β-unsaturated/α-hetero) is 1. The summed E-state index contributed by atoms with van der Waals surface area (Å²) in [7, 11) is 1.61. The Morgan fingerprint density at radius 3 is 2.19 bits per heavy atom. The van der Waals surface area contributed by atoms with E-state index < -0.39 is 23.1 Å². The van der Waals surface area contributed by atoms with Crippen LogP contribution in [0.5, 0.6) is 0 Å². The highest BCUT2D eigenvalue weighted by Gasteiger charge is 2.37. The molecule has 0 aliphatic heterocycles. The largest absolute Gasteiger partial charge is 0.481 e. The molecule has 0 heterocycles. The Hall–Kier alpha value is -0.250. The van der Waals surface area contributed by atoms with Gasteiger partial charge >= 0.3 is 5.97 Å². The van der Waals surface area contributed by atoms with Crippen molar-refractivity contribution in [2.75, 3.05) is 7.11 Å². The van der Waals surface area contributed by atoms with Crippen molar-refractivity contribution < 1.29 is 19.4 Å². The molecule has 21 heavy (non-hydrogen) atoms. The zero-order valence-electron chi connectivity index (χ0n) is 13.6. The Labute approximate surface area is 140 Å². The average molecular weight is 414 g/mol. The number of nitrogens with one attached hydrogen (secondary N) is 2. The number of hydrogen-bond acceptors (Lipinski definition) is 5. The van der Waals surface area contributed by atoms with Crippen LogP contribution in [0.1, 0.15) is 47.5 Å². The summed E-state index contributed by atoms with van der Waals surface area (Å²) in [5, 5.41) is 12.1. The summed E-state index contributed by atoms with van der Waals surface area (Å²) in [6.07, 6.45) is 0.0711. The Bertz CT molecular complexity index is 372. The average Bonchev–Trinajstić information content (AvgIpc) is 2.41. The van der Waals surface area contributed by atoms with Crippen LogP contribution in [0.25, 0.3) is 0 Å². The highest BCUT2D eigenvalue weighted by atomic mass is 127. The van der Waals surface area contributed by atoms with Crippen molar-refractivity contribution in [1.82, 2.24) is 8.85 Å². The molecule has 0 amide bonds. The van der Waals surface area contributed by atoms with E-state index in [1.807, 2.05) is 43.6 Å². The van der Waals surface area contributed by atoms with Gasteiger partial charge < -0.3 is 9.84 Å². The lowest BCUT2D eigenvalue weighted by molar-refractivity contribution is -0.137. The summed E-state index contributed by atoms with van der Waals surface area (Å²) in [6.45, 7) is 9.35. The van der Waals surface area contributed by atoms with Crippen molar-refractivity contribution in [1.29, 1.82) is 0 Å². The predicted molar refractivity (Wildman–Crippen MR) is 90.6 cm³/mol. The highest BCUT2D eigenvalue weighted by Crippen LogP contribution is 2.18. The number of carboxylic acid groups (broad SMARTS) is 1. The molecule has 0 radical (unpaired) electrons. The molecule has 0 fully saturated rings. The van der Waals surface area contributed by atoms with E-state index in [2.05, 4.69) is 8.85 Å².